The molecule has 1 N–H and O–H groups in total. The Bertz CT molecular complexity index is 1100. The van der Waals surface area contributed by atoms with Crippen molar-refractivity contribution in [2.24, 2.45) is 0 Å². The number of rotatable bonds is 8. The third-order valence-electron chi connectivity index (χ3n) is 6.62. The van der Waals surface area contributed by atoms with E-state index in [-0.39, 0.29) is 17.9 Å². The van der Waals surface area contributed by atoms with Gasteiger partial charge in [-0.15, -0.1) is 0 Å². The van der Waals surface area contributed by atoms with E-state index in [0.717, 1.165) is 41.3 Å². The summed E-state index contributed by atoms with van der Waals surface area (Å²) in [6, 6.07) is 22.1. The number of nitrogens with one attached hydrogen (secondary N) is 1. The fourth-order valence-corrected chi connectivity index (χ4v) is 4.92. The van der Waals surface area contributed by atoms with Gasteiger partial charge < -0.3 is 10.2 Å². The maximum atomic E-state index is 13.4. The van der Waals surface area contributed by atoms with Gasteiger partial charge in [-0.05, 0) is 60.2 Å². The summed E-state index contributed by atoms with van der Waals surface area (Å²) < 4.78 is 0.993. The Morgan fingerprint density at radius 2 is 1.70 bits per heavy atom. The molecule has 1 saturated carbocycles. The van der Waals surface area contributed by atoms with Crippen LogP contribution in [0.15, 0.2) is 71.2 Å². The van der Waals surface area contributed by atoms with Crippen molar-refractivity contribution in [3.8, 4) is 0 Å². The van der Waals surface area contributed by atoms with Gasteiger partial charge in [0.05, 0.1) is 0 Å². The van der Waals surface area contributed by atoms with E-state index in [1.165, 1.54) is 10.8 Å². The Balaban J connectivity index is 1.50. The van der Waals surface area contributed by atoms with Gasteiger partial charge in [0.1, 0.15) is 6.04 Å². The summed E-state index contributed by atoms with van der Waals surface area (Å²) in [5, 5.41) is 5.53. The van der Waals surface area contributed by atoms with Crippen LogP contribution >= 0.6 is 15.9 Å². The molecule has 1 fully saturated rings. The van der Waals surface area contributed by atoms with E-state index in [1.807, 2.05) is 49.4 Å². The van der Waals surface area contributed by atoms with Gasteiger partial charge in [0.15, 0.2) is 0 Å². The fraction of sp³-hybridized carbons (Fsp3) is 0.357. The molecular weight excluding hydrogens is 476 g/mol. The van der Waals surface area contributed by atoms with Crippen LogP contribution in [0, 0.1) is 0 Å². The highest BCUT2D eigenvalue weighted by Crippen LogP contribution is 2.22. The molecule has 5 heteroatoms. The first kappa shape index (κ1) is 23.5. The second-order valence-corrected chi connectivity index (χ2v) is 9.87. The summed E-state index contributed by atoms with van der Waals surface area (Å²) in [6.07, 6.45) is 5.39. The average molecular weight is 507 g/mol. The first-order valence-electron chi connectivity index (χ1n) is 11.8. The van der Waals surface area contributed by atoms with E-state index in [0.29, 0.717) is 19.4 Å². The number of halogens is 1. The lowest BCUT2D eigenvalue weighted by molar-refractivity contribution is -0.140. The number of hydrogen-bond donors (Lipinski definition) is 1. The smallest absolute Gasteiger partial charge is 0.242 e. The third-order valence-corrected chi connectivity index (χ3v) is 7.15. The van der Waals surface area contributed by atoms with E-state index in [9.17, 15) is 9.59 Å². The molecule has 172 valence electrons. The number of fused-ring (bicyclic) bond motifs is 1. The van der Waals surface area contributed by atoms with Gasteiger partial charge in [0.2, 0.25) is 11.8 Å². The summed E-state index contributed by atoms with van der Waals surface area (Å²) in [7, 11) is 0. The predicted molar refractivity (Wildman–Crippen MR) is 137 cm³/mol. The first-order chi connectivity index (χ1) is 16.0. The molecule has 33 heavy (non-hydrogen) atoms. The van der Waals surface area contributed by atoms with Crippen molar-refractivity contribution < 1.29 is 9.59 Å². The molecule has 1 aliphatic carbocycles. The second-order valence-electron chi connectivity index (χ2n) is 8.95. The van der Waals surface area contributed by atoms with Crippen LogP contribution in [0.25, 0.3) is 10.8 Å². The van der Waals surface area contributed by atoms with Crippen LogP contribution in [-0.2, 0) is 22.6 Å². The van der Waals surface area contributed by atoms with Crippen LogP contribution in [0.4, 0.5) is 0 Å². The van der Waals surface area contributed by atoms with Crippen molar-refractivity contribution in [2.45, 2.75) is 64.1 Å². The highest BCUT2D eigenvalue weighted by atomic mass is 79.9. The van der Waals surface area contributed by atoms with Crippen molar-refractivity contribution in [1.29, 1.82) is 0 Å². The number of hydrogen-bond acceptors (Lipinski definition) is 2. The van der Waals surface area contributed by atoms with Gasteiger partial charge in [-0.1, -0.05) is 83.4 Å². The molecule has 0 unspecified atom stereocenters. The van der Waals surface area contributed by atoms with Crippen LogP contribution in [0.3, 0.4) is 0 Å². The second kappa shape index (κ2) is 11.0. The Labute approximate surface area is 204 Å². The lowest BCUT2D eigenvalue weighted by atomic mass is 10.0. The molecule has 1 atom stereocenters. The lowest BCUT2D eigenvalue weighted by Crippen LogP contribution is -2.49. The molecule has 1 aliphatic rings. The van der Waals surface area contributed by atoms with E-state index in [2.05, 4.69) is 45.5 Å². The maximum absolute atomic E-state index is 13.4. The van der Waals surface area contributed by atoms with Crippen molar-refractivity contribution in [1.82, 2.24) is 10.2 Å². The van der Waals surface area contributed by atoms with Gasteiger partial charge in [0.25, 0.3) is 0 Å². The average Bonchev–Trinajstić information content (AvgIpc) is 3.34. The monoisotopic (exact) mass is 506 g/mol. The van der Waals surface area contributed by atoms with Gasteiger partial charge in [-0.25, -0.2) is 0 Å². The van der Waals surface area contributed by atoms with E-state index in [1.54, 1.807) is 4.90 Å². The number of amides is 2. The quantitative estimate of drug-likeness (QED) is 0.406. The molecule has 0 heterocycles. The minimum Gasteiger partial charge on any atom is -0.352 e. The molecule has 0 aliphatic heterocycles. The highest BCUT2D eigenvalue weighted by Gasteiger charge is 2.28. The number of carbonyl (C=O) groups is 2. The molecule has 0 radical (unpaired) electrons. The van der Waals surface area contributed by atoms with Crippen LogP contribution in [0.2, 0.25) is 0 Å². The fourth-order valence-electron chi connectivity index (χ4n) is 4.66. The maximum Gasteiger partial charge on any atom is 0.242 e. The standard InChI is InChI=1S/C28H31BrN2O2/c1-20(28(33)30-25-10-3-4-11-25)31(19-21-13-16-24(29)17-14-21)27(32)18-15-23-9-6-8-22-7-2-5-12-26(22)23/h2,5-9,12-14,16-17,20,25H,3-4,10-11,15,18-19H2,1H3,(H,30,33)/t20-/m0/s1. The molecule has 0 spiro atoms. The molecule has 3 aromatic rings. The zero-order chi connectivity index (χ0) is 23.2. The molecular formula is C28H31BrN2O2. The topological polar surface area (TPSA) is 49.4 Å². The van der Waals surface area contributed by atoms with Crippen molar-refractivity contribution in [2.75, 3.05) is 0 Å². The lowest BCUT2D eigenvalue weighted by Gasteiger charge is -2.30. The van der Waals surface area contributed by atoms with Crippen molar-refractivity contribution in [3.05, 3.63) is 82.3 Å². The Hall–Kier alpha value is -2.66. The zero-order valence-electron chi connectivity index (χ0n) is 19.1. The summed E-state index contributed by atoms with van der Waals surface area (Å²) in [5.74, 6) is -0.0579. The van der Waals surface area contributed by atoms with E-state index < -0.39 is 6.04 Å². The Morgan fingerprint density at radius 1 is 1.00 bits per heavy atom. The van der Waals surface area contributed by atoms with E-state index in [4.69, 9.17) is 0 Å². The summed E-state index contributed by atoms with van der Waals surface area (Å²) >= 11 is 3.47. The summed E-state index contributed by atoms with van der Waals surface area (Å²) in [6.45, 7) is 2.26. The number of nitrogens with zero attached hydrogens (tertiary/aromatic N) is 1. The Kier molecular flexibility index (Phi) is 7.81. The third kappa shape index (κ3) is 6.02. The molecule has 4 rings (SSSR count). The predicted octanol–water partition coefficient (Wildman–Crippen LogP) is 6.01. The van der Waals surface area contributed by atoms with Crippen LogP contribution in [-0.4, -0.2) is 28.8 Å². The first-order valence-corrected chi connectivity index (χ1v) is 12.6. The number of aryl methyl sites for hydroxylation is 1. The molecule has 4 nitrogen and oxygen atoms in total. The largest absolute Gasteiger partial charge is 0.352 e. The normalized spacial score (nSPS) is 14.8. The summed E-state index contributed by atoms with van der Waals surface area (Å²) in [4.78, 5) is 28.2. The van der Waals surface area contributed by atoms with E-state index >= 15 is 0 Å². The minimum absolute atomic E-state index is 0.0000696. The molecule has 0 aromatic heterocycles. The van der Waals surface area contributed by atoms with Gasteiger partial charge in [-0.3, -0.25) is 9.59 Å². The highest BCUT2D eigenvalue weighted by molar-refractivity contribution is 9.10. The zero-order valence-corrected chi connectivity index (χ0v) is 20.7. The SMILES string of the molecule is C[C@@H](C(=O)NC1CCCC1)N(Cc1ccc(Br)cc1)C(=O)CCc1cccc2ccccc12. The summed E-state index contributed by atoms with van der Waals surface area (Å²) in [5.41, 5.74) is 2.17. The molecule has 2 amide bonds. The van der Waals surface area contributed by atoms with Gasteiger partial charge in [0, 0.05) is 23.5 Å². The van der Waals surface area contributed by atoms with Crippen molar-refractivity contribution >= 4 is 38.5 Å². The van der Waals surface area contributed by atoms with Crippen LogP contribution in [0.5, 0.6) is 0 Å². The minimum atomic E-state index is -0.519. The van der Waals surface area contributed by atoms with Crippen molar-refractivity contribution in [3.63, 3.8) is 0 Å². The molecule has 0 saturated heterocycles. The van der Waals surface area contributed by atoms with Crippen LogP contribution < -0.4 is 5.32 Å². The Morgan fingerprint density at radius 3 is 2.45 bits per heavy atom. The van der Waals surface area contributed by atoms with Crippen LogP contribution in [0.1, 0.15) is 50.2 Å². The number of benzene rings is 3. The molecule has 3 aromatic carbocycles. The number of carbonyl (C=O) groups excluding carboxylic acids is 2. The van der Waals surface area contributed by atoms with Gasteiger partial charge in [-0.2, -0.15) is 0 Å². The van der Waals surface area contributed by atoms with Gasteiger partial charge >= 0.3 is 0 Å². The molecule has 0 bridgehead atoms.